The Kier molecular flexibility index (Phi) is 35.9. The fourth-order valence-corrected chi connectivity index (χ4v) is 6.83. The zero-order valence-corrected chi connectivity index (χ0v) is 34.3. The van der Waals surface area contributed by atoms with Gasteiger partial charge >= 0.3 is 0 Å². The van der Waals surface area contributed by atoms with Crippen molar-refractivity contribution in [1.82, 2.24) is 4.90 Å². The second kappa shape index (κ2) is 37.3. The zero-order valence-electron chi connectivity index (χ0n) is 34.3. The molecule has 52 heavy (non-hydrogen) atoms. The number of hydrogen-bond donors (Lipinski definition) is 5. The zero-order chi connectivity index (χ0) is 38.5. The average Bonchev–Trinajstić information content (AvgIpc) is 3.14. The summed E-state index contributed by atoms with van der Waals surface area (Å²) in [6.45, 7) is 6.22. The van der Waals surface area contributed by atoms with Crippen LogP contribution in [0, 0.1) is 0 Å². The van der Waals surface area contributed by atoms with E-state index in [2.05, 4.69) is 31.0 Å². The lowest BCUT2D eigenvalue weighted by Crippen LogP contribution is -2.59. The van der Waals surface area contributed by atoms with Crippen LogP contribution in [0.2, 0.25) is 0 Å². The Balaban J connectivity index is 4.57. The summed E-state index contributed by atoms with van der Waals surface area (Å²) >= 11 is 0. The number of carbonyl (C=O) groups excluding carboxylic acids is 2. The number of unbranched alkanes of at least 4 members (excludes halogenated alkanes) is 25. The molecule has 0 bridgehead atoms. The van der Waals surface area contributed by atoms with Crippen LogP contribution in [0.5, 0.6) is 0 Å². The molecule has 0 aliphatic carbocycles. The number of allylic oxidation sites excluding steroid dienone is 2. The second-order valence-corrected chi connectivity index (χ2v) is 15.4. The molecular weight excluding hydrogens is 647 g/mol. The predicted octanol–water partition coefficient (Wildman–Crippen LogP) is 8.94. The minimum absolute atomic E-state index is 0.00452. The van der Waals surface area contributed by atoms with Gasteiger partial charge in [-0.3, -0.25) is 14.6 Å². The summed E-state index contributed by atoms with van der Waals surface area (Å²) in [5.41, 5.74) is 29.5. The summed E-state index contributed by atoms with van der Waals surface area (Å²) in [6.07, 6.45) is 41.1. The molecule has 306 valence electrons. The summed E-state index contributed by atoms with van der Waals surface area (Å²) in [7, 11) is 0. The van der Waals surface area contributed by atoms with E-state index in [1.165, 1.54) is 154 Å². The summed E-state index contributed by atoms with van der Waals surface area (Å²) in [5, 5.41) is 0. The van der Waals surface area contributed by atoms with Crippen LogP contribution in [0.3, 0.4) is 0 Å². The number of carbonyl (C=O) groups is 2. The van der Waals surface area contributed by atoms with Crippen LogP contribution in [0.1, 0.15) is 206 Å². The highest BCUT2D eigenvalue weighted by Gasteiger charge is 2.32. The highest BCUT2D eigenvalue weighted by atomic mass is 16.2. The van der Waals surface area contributed by atoms with Crippen LogP contribution >= 0.6 is 0 Å². The predicted molar refractivity (Wildman–Crippen MR) is 225 cm³/mol. The van der Waals surface area contributed by atoms with Gasteiger partial charge in [0.25, 0.3) is 0 Å². The van der Waals surface area contributed by atoms with Crippen molar-refractivity contribution < 1.29 is 9.59 Å². The molecule has 0 aromatic rings. The smallest absolute Gasteiger partial charge is 0.241 e. The lowest BCUT2D eigenvalue weighted by Gasteiger charge is -2.29. The monoisotopic (exact) mass is 734 g/mol. The molecule has 0 aliphatic heterocycles. The summed E-state index contributed by atoms with van der Waals surface area (Å²) in [4.78, 5) is 32.3. The Labute approximate surface area is 321 Å². The lowest BCUT2D eigenvalue weighted by atomic mass is 9.96. The van der Waals surface area contributed by atoms with Crippen molar-refractivity contribution in [3.8, 4) is 0 Å². The van der Waals surface area contributed by atoms with Crippen molar-refractivity contribution in [3.05, 3.63) is 12.2 Å². The molecule has 9 nitrogen and oxygen atoms in total. The quantitative estimate of drug-likeness (QED) is 0.0181. The molecule has 0 fully saturated rings. The molecule has 0 spiro atoms. The summed E-state index contributed by atoms with van der Waals surface area (Å²) in [5.74, 6) is -0.625. The Morgan fingerprint density at radius 1 is 0.519 bits per heavy atom. The number of rotatable bonds is 39. The van der Waals surface area contributed by atoms with E-state index in [1.807, 2.05) is 4.90 Å². The van der Waals surface area contributed by atoms with Crippen molar-refractivity contribution in [1.29, 1.82) is 0 Å². The van der Waals surface area contributed by atoms with Crippen molar-refractivity contribution in [2.75, 3.05) is 19.6 Å². The van der Waals surface area contributed by atoms with E-state index in [0.717, 1.165) is 25.7 Å². The molecule has 0 rings (SSSR count). The standard InChI is InChI=1S/C43H87N7O2/c1-3-5-7-9-11-13-15-17-19-20-22-24-26-28-30-32-37-50(36-31-29-27-25-23-21-18-16-14-12-10-8-6-4-2)42(52)40(46)39(45)41(51)38(44)34-33-35-49-43(47)48/h17,19,38-40H,3-16,18,20-37,44-46H2,1-2H3,(H4,47,48,49)/b19-17-/t38-,39?,40?/m0/s1. The third-order valence-corrected chi connectivity index (χ3v) is 10.4. The molecule has 9 heteroatoms. The molecule has 0 heterocycles. The van der Waals surface area contributed by atoms with Gasteiger partial charge in [-0.25, -0.2) is 0 Å². The Hall–Kier alpha value is -1.97. The fraction of sp³-hybridized carbons (Fsp3) is 0.884. The number of nitrogens with zero attached hydrogens (tertiary/aromatic N) is 2. The minimum atomic E-state index is -1.13. The number of nitrogens with two attached hydrogens (primary N) is 5. The molecule has 10 N–H and O–H groups in total. The highest BCUT2D eigenvalue weighted by Crippen LogP contribution is 2.15. The van der Waals surface area contributed by atoms with Gasteiger partial charge in [0.05, 0.1) is 12.1 Å². The maximum Gasteiger partial charge on any atom is 0.241 e. The summed E-state index contributed by atoms with van der Waals surface area (Å²) < 4.78 is 0. The first-order valence-electron chi connectivity index (χ1n) is 22.1. The molecule has 1 amide bonds. The largest absolute Gasteiger partial charge is 0.370 e. The molecule has 3 atom stereocenters. The molecule has 0 saturated carbocycles. The van der Waals surface area contributed by atoms with Gasteiger partial charge in [0.1, 0.15) is 6.04 Å². The van der Waals surface area contributed by atoms with Crippen molar-refractivity contribution in [2.45, 2.75) is 225 Å². The first kappa shape index (κ1) is 50.0. The normalized spacial score (nSPS) is 13.3. The van der Waals surface area contributed by atoms with E-state index in [0.29, 0.717) is 32.5 Å². The van der Waals surface area contributed by atoms with Gasteiger partial charge in [0.2, 0.25) is 5.91 Å². The van der Waals surface area contributed by atoms with Gasteiger partial charge in [-0.1, -0.05) is 167 Å². The first-order chi connectivity index (χ1) is 25.3. The Bertz CT molecular complexity index is 878. The van der Waals surface area contributed by atoms with Crippen LogP contribution in [0.4, 0.5) is 0 Å². The molecule has 0 aliphatic rings. The number of hydrogen-bond acceptors (Lipinski definition) is 6. The Morgan fingerprint density at radius 3 is 1.27 bits per heavy atom. The van der Waals surface area contributed by atoms with E-state index < -0.39 is 18.1 Å². The number of Topliss-reactive ketones (excluding diaryl/α,β-unsaturated/α-hetero) is 1. The third kappa shape index (κ3) is 30.5. The molecule has 0 radical (unpaired) electrons. The van der Waals surface area contributed by atoms with Crippen LogP contribution in [0.25, 0.3) is 0 Å². The molecule has 2 unspecified atom stereocenters. The van der Waals surface area contributed by atoms with E-state index in [1.54, 1.807) is 0 Å². The maximum atomic E-state index is 13.6. The molecular formula is C43H87N7O2. The van der Waals surface area contributed by atoms with Gasteiger partial charge in [-0.15, -0.1) is 0 Å². The van der Waals surface area contributed by atoms with Crippen LogP contribution in [0.15, 0.2) is 17.1 Å². The van der Waals surface area contributed by atoms with Crippen LogP contribution < -0.4 is 28.7 Å². The van der Waals surface area contributed by atoms with Crippen molar-refractivity contribution >= 4 is 17.6 Å². The second-order valence-electron chi connectivity index (χ2n) is 15.4. The van der Waals surface area contributed by atoms with Gasteiger partial charge in [0.15, 0.2) is 11.7 Å². The maximum absolute atomic E-state index is 13.6. The van der Waals surface area contributed by atoms with Crippen LogP contribution in [-0.4, -0.2) is 60.3 Å². The van der Waals surface area contributed by atoms with Gasteiger partial charge in [0, 0.05) is 19.6 Å². The Morgan fingerprint density at radius 2 is 0.885 bits per heavy atom. The topological polar surface area (TPSA) is 180 Å². The van der Waals surface area contributed by atoms with E-state index in [9.17, 15) is 9.59 Å². The average molecular weight is 734 g/mol. The van der Waals surface area contributed by atoms with Crippen molar-refractivity contribution in [3.63, 3.8) is 0 Å². The van der Waals surface area contributed by atoms with E-state index in [4.69, 9.17) is 28.7 Å². The minimum Gasteiger partial charge on any atom is -0.370 e. The van der Waals surface area contributed by atoms with E-state index in [-0.39, 0.29) is 17.6 Å². The van der Waals surface area contributed by atoms with Gasteiger partial charge in [-0.05, 0) is 51.4 Å². The lowest BCUT2D eigenvalue weighted by molar-refractivity contribution is -0.136. The molecule has 0 aromatic carbocycles. The SMILES string of the molecule is CCCCCCCC/C=C\CCCCCCCCN(CCCCCCCCCCCCCCCC)C(=O)C(N)C(N)C(=O)[C@@H](N)CCCN=C(N)N. The van der Waals surface area contributed by atoms with Crippen molar-refractivity contribution in [2.24, 2.45) is 33.7 Å². The number of aliphatic imine (C=N–C) groups is 1. The van der Waals surface area contributed by atoms with Gasteiger partial charge < -0.3 is 33.6 Å². The summed E-state index contributed by atoms with van der Waals surface area (Å²) in [6, 6.07) is -3.04. The van der Waals surface area contributed by atoms with Crippen LogP contribution in [-0.2, 0) is 9.59 Å². The van der Waals surface area contributed by atoms with Gasteiger partial charge in [-0.2, -0.15) is 0 Å². The fourth-order valence-electron chi connectivity index (χ4n) is 6.83. The third-order valence-electron chi connectivity index (χ3n) is 10.4. The molecule has 0 saturated heterocycles. The molecule has 0 aromatic heterocycles. The number of ketones is 1. The van der Waals surface area contributed by atoms with E-state index >= 15 is 0 Å². The highest BCUT2D eigenvalue weighted by molar-refractivity contribution is 5.95. The first-order valence-corrected chi connectivity index (χ1v) is 22.1. The number of amides is 1. The number of guanidine groups is 1.